The minimum Gasteiger partial charge on any atom is -0.326 e. The van der Waals surface area contributed by atoms with E-state index >= 15 is 0 Å². The number of carbonyl (C=O) groups excluding carboxylic acids is 2. The van der Waals surface area contributed by atoms with E-state index in [2.05, 4.69) is 27.8 Å². The average molecular weight is 381 g/mol. The number of rotatable bonds is 7. The molecule has 27 heavy (non-hydrogen) atoms. The predicted octanol–water partition coefficient (Wildman–Crippen LogP) is 3.16. The summed E-state index contributed by atoms with van der Waals surface area (Å²) in [7, 11) is 0. The number of hydrogen-bond donors (Lipinski definition) is 1. The zero-order chi connectivity index (χ0) is 19.2. The van der Waals surface area contributed by atoms with Crippen LogP contribution in [0.25, 0.3) is 5.69 Å². The normalized spacial score (nSPS) is 10.6. The number of anilines is 1. The van der Waals surface area contributed by atoms with E-state index < -0.39 is 0 Å². The van der Waals surface area contributed by atoms with E-state index in [-0.39, 0.29) is 17.4 Å². The second-order valence-electron chi connectivity index (χ2n) is 5.86. The van der Waals surface area contributed by atoms with Gasteiger partial charge in [-0.05, 0) is 58.8 Å². The van der Waals surface area contributed by atoms with Crippen LogP contribution in [0.5, 0.6) is 0 Å². The Balaban J connectivity index is 1.65. The van der Waals surface area contributed by atoms with Gasteiger partial charge in [-0.3, -0.25) is 9.59 Å². The summed E-state index contributed by atoms with van der Waals surface area (Å²) >= 11 is 1.28. The maximum absolute atomic E-state index is 12.4. The number of thioether (sulfide) groups is 1. The van der Waals surface area contributed by atoms with Crippen LogP contribution < -0.4 is 5.32 Å². The molecule has 1 heterocycles. The molecule has 0 aliphatic heterocycles. The molecule has 138 valence electrons. The molecule has 0 saturated heterocycles. The van der Waals surface area contributed by atoms with E-state index in [9.17, 15) is 9.59 Å². The Morgan fingerprint density at radius 3 is 2.41 bits per heavy atom. The van der Waals surface area contributed by atoms with Gasteiger partial charge in [0.25, 0.3) is 0 Å². The molecule has 1 aromatic heterocycles. The Hall–Kier alpha value is -3.00. The fourth-order valence-electron chi connectivity index (χ4n) is 2.46. The van der Waals surface area contributed by atoms with Crippen LogP contribution in [0.15, 0.2) is 53.7 Å². The van der Waals surface area contributed by atoms with Gasteiger partial charge in [0.05, 0.1) is 11.4 Å². The number of Topliss-reactive ketones (excluding diaryl/α,β-unsaturated/α-hetero) is 1. The third-order valence-corrected chi connectivity index (χ3v) is 4.81. The van der Waals surface area contributed by atoms with Crippen molar-refractivity contribution in [2.24, 2.45) is 0 Å². The molecule has 1 amide bonds. The lowest BCUT2D eigenvalue weighted by molar-refractivity contribution is -0.114. The minimum atomic E-state index is -0.150. The first-order valence-corrected chi connectivity index (χ1v) is 9.46. The van der Waals surface area contributed by atoms with Crippen molar-refractivity contribution in [1.29, 1.82) is 0 Å². The van der Waals surface area contributed by atoms with Gasteiger partial charge in [-0.1, -0.05) is 30.8 Å². The van der Waals surface area contributed by atoms with Gasteiger partial charge in [0.1, 0.15) is 0 Å². The molecular formula is C19H19N5O2S. The molecular weight excluding hydrogens is 362 g/mol. The van der Waals surface area contributed by atoms with Crippen molar-refractivity contribution in [3.8, 4) is 5.69 Å². The molecule has 0 spiro atoms. The number of carbonyl (C=O) groups is 2. The summed E-state index contributed by atoms with van der Waals surface area (Å²) in [5, 5.41) is 15.0. The molecule has 3 aromatic rings. The van der Waals surface area contributed by atoms with Gasteiger partial charge in [0.2, 0.25) is 11.1 Å². The number of ketones is 1. The standard InChI is InChI=1S/C19H19N5O2S/c1-3-14-4-10-17(11-5-14)24-19(21-22-23-24)27-12-18(26)15-6-8-16(9-7-15)20-13(2)25/h4-11H,3,12H2,1-2H3,(H,20,25). The molecule has 7 nitrogen and oxygen atoms in total. The third-order valence-electron chi connectivity index (χ3n) is 3.89. The Kier molecular flexibility index (Phi) is 5.97. The van der Waals surface area contributed by atoms with E-state index in [4.69, 9.17) is 0 Å². The number of hydrogen-bond acceptors (Lipinski definition) is 6. The first-order valence-electron chi connectivity index (χ1n) is 8.48. The number of tetrazole rings is 1. The van der Waals surface area contributed by atoms with Crippen LogP contribution in [0.3, 0.4) is 0 Å². The second-order valence-corrected chi connectivity index (χ2v) is 6.81. The van der Waals surface area contributed by atoms with Crippen LogP contribution in [-0.4, -0.2) is 37.7 Å². The van der Waals surface area contributed by atoms with Crippen molar-refractivity contribution in [2.45, 2.75) is 25.4 Å². The van der Waals surface area contributed by atoms with Gasteiger partial charge in [0, 0.05) is 18.2 Å². The van der Waals surface area contributed by atoms with E-state index in [0.717, 1.165) is 12.1 Å². The lowest BCUT2D eigenvalue weighted by Crippen LogP contribution is -2.07. The molecule has 0 aliphatic rings. The van der Waals surface area contributed by atoms with Crippen molar-refractivity contribution in [1.82, 2.24) is 20.2 Å². The van der Waals surface area contributed by atoms with Crippen molar-refractivity contribution >= 4 is 29.1 Å². The molecule has 3 rings (SSSR count). The Bertz CT molecular complexity index is 935. The van der Waals surface area contributed by atoms with Crippen LogP contribution in [-0.2, 0) is 11.2 Å². The first-order chi connectivity index (χ1) is 13.1. The summed E-state index contributed by atoms with van der Waals surface area (Å²) in [4.78, 5) is 23.5. The highest BCUT2D eigenvalue weighted by atomic mass is 32.2. The molecule has 0 atom stereocenters. The third kappa shape index (κ3) is 4.79. The topological polar surface area (TPSA) is 89.8 Å². The highest BCUT2D eigenvalue weighted by molar-refractivity contribution is 7.99. The summed E-state index contributed by atoms with van der Waals surface area (Å²) < 4.78 is 1.62. The monoisotopic (exact) mass is 381 g/mol. The molecule has 1 N–H and O–H groups in total. The minimum absolute atomic E-state index is 0.0368. The molecule has 0 aliphatic carbocycles. The van der Waals surface area contributed by atoms with Crippen LogP contribution in [0.1, 0.15) is 29.8 Å². The van der Waals surface area contributed by atoms with E-state index in [1.807, 2.05) is 24.3 Å². The number of aryl methyl sites for hydroxylation is 1. The highest BCUT2D eigenvalue weighted by Crippen LogP contribution is 2.20. The van der Waals surface area contributed by atoms with Crippen molar-refractivity contribution in [3.63, 3.8) is 0 Å². The highest BCUT2D eigenvalue weighted by Gasteiger charge is 2.13. The van der Waals surface area contributed by atoms with E-state index in [1.165, 1.54) is 24.2 Å². The molecule has 0 saturated carbocycles. The maximum atomic E-state index is 12.4. The van der Waals surface area contributed by atoms with Gasteiger partial charge in [0.15, 0.2) is 5.78 Å². The molecule has 0 unspecified atom stereocenters. The molecule has 0 bridgehead atoms. The zero-order valence-electron chi connectivity index (χ0n) is 15.0. The fraction of sp³-hybridized carbons (Fsp3) is 0.211. The van der Waals surface area contributed by atoms with E-state index in [1.54, 1.807) is 28.9 Å². The smallest absolute Gasteiger partial charge is 0.221 e. The van der Waals surface area contributed by atoms with Gasteiger partial charge < -0.3 is 5.32 Å². The predicted molar refractivity (Wildman–Crippen MR) is 104 cm³/mol. The fourth-order valence-corrected chi connectivity index (χ4v) is 3.25. The summed E-state index contributed by atoms with van der Waals surface area (Å²) in [5.74, 6) is 0.0288. The lowest BCUT2D eigenvalue weighted by Gasteiger charge is -2.06. The molecule has 8 heteroatoms. The quantitative estimate of drug-likeness (QED) is 0.499. The Morgan fingerprint density at radius 1 is 1.07 bits per heavy atom. The number of nitrogens with one attached hydrogen (secondary N) is 1. The van der Waals surface area contributed by atoms with Crippen molar-refractivity contribution in [3.05, 3.63) is 59.7 Å². The average Bonchev–Trinajstić information content (AvgIpc) is 3.15. The number of benzene rings is 2. The maximum Gasteiger partial charge on any atom is 0.221 e. The van der Waals surface area contributed by atoms with Crippen LogP contribution >= 0.6 is 11.8 Å². The van der Waals surface area contributed by atoms with Crippen LogP contribution in [0.2, 0.25) is 0 Å². The molecule has 0 radical (unpaired) electrons. The number of amides is 1. The molecule has 0 fully saturated rings. The number of aromatic nitrogens is 4. The zero-order valence-corrected chi connectivity index (χ0v) is 15.9. The van der Waals surface area contributed by atoms with Crippen molar-refractivity contribution in [2.75, 3.05) is 11.1 Å². The summed E-state index contributed by atoms with van der Waals surface area (Å²) in [6.07, 6.45) is 0.965. The second kappa shape index (κ2) is 8.59. The van der Waals surface area contributed by atoms with E-state index in [0.29, 0.717) is 16.4 Å². The summed E-state index contributed by atoms with van der Waals surface area (Å²) in [6.45, 7) is 3.54. The van der Waals surface area contributed by atoms with Gasteiger partial charge in [-0.2, -0.15) is 4.68 Å². The summed E-state index contributed by atoms with van der Waals surface area (Å²) in [5.41, 5.74) is 3.32. The van der Waals surface area contributed by atoms with Crippen LogP contribution in [0.4, 0.5) is 5.69 Å². The van der Waals surface area contributed by atoms with Gasteiger partial charge >= 0.3 is 0 Å². The summed E-state index contributed by atoms with van der Waals surface area (Å²) in [6, 6.07) is 14.8. The van der Waals surface area contributed by atoms with Crippen LogP contribution in [0, 0.1) is 0 Å². The Morgan fingerprint density at radius 2 is 1.78 bits per heavy atom. The SMILES string of the molecule is CCc1ccc(-n2nnnc2SCC(=O)c2ccc(NC(C)=O)cc2)cc1. The lowest BCUT2D eigenvalue weighted by atomic mass is 10.1. The number of nitrogens with zero attached hydrogens (tertiary/aromatic N) is 4. The van der Waals surface area contributed by atoms with Gasteiger partial charge in [-0.15, -0.1) is 5.10 Å². The van der Waals surface area contributed by atoms with Crippen molar-refractivity contribution < 1.29 is 9.59 Å². The largest absolute Gasteiger partial charge is 0.326 e. The first kappa shape index (κ1) is 18.8. The Labute approximate surface area is 161 Å². The van der Waals surface area contributed by atoms with Gasteiger partial charge in [-0.25, -0.2) is 0 Å². The molecule has 2 aromatic carbocycles.